The molecule has 0 saturated heterocycles. The van der Waals surface area contributed by atoms with Crippen LogP contribution in [0.4, 0.5) is 5.69 Å². The number of nitrogens with zero attached hydrogens (tertiary/aromatic N) is 3. The van der Waals surface area contributed by atoms with Crippen molar-refractivity contribution in [1.82, 2.24) is 14.6 Å². The fourth-order valence-corrected chi connectivity index (χ4v) is 0.977. The van der Waals surface area contributed by atoms with Crippen molar-refractivity contribution in [1.29, 1.82) is 0 Å². The predicted molar refractivity (Wildman–Crippen MR) is 49.4 cm³/mol. The molecule has 0 radical (unpaired) electrons. The van der Waals surface area contributed by atoms with Crippen LogP contribution >= 0.6 is 12.4 Å². The molecule has 0 spiro atoms. The largest absolute Gasteiger partial charge is 0.394 e. The van der Waals surface area contributed by atoms with Gasteiger partial charge in [0.1, 0.15) is 0 Å². The first kappa shape index (κ1) is 8.80. The lowest BCUT2D eigenvalue weighted by Crippen LogP contribution is -1.92. The smallest absolute Gasteiger partial charge is 0.178 e. The van der Waals surface area contributed by atoms with Crippen LogP contribution < -0.4 is 5.73 Å². The highest BCUT2D eigenvalue weighted by molar-refractivity contribution is 5.85. The van der Waals surface area contributed by atoms with Gasteiger partial charge in [-0.3, -0.25) is 0 Å². The van der Waals surface area contributed by atoms with E-state index in [2.05, 4.69) is 10.1 Å². The molecule has 0 bridgehead atoms. The monoisotopic (exact) mass is 184 g/mol. The minimum Gasteiger partial charge on any atom is -0.394 e. The van der Waals surface area contributed by atoms with E-state index in [0.29, 0.717) is 5.69 Å². The number of hydrogen-bond donors (Lipinski definition) is 1. The molecule has 5 heteroatoms. The molecule has 2 aromatic heterocycles. The third-order valence-electron chi connectivity index (χ3n) is 1.54. The Morgan fingerprint density at radius 1 is 1.50 bits per heavy atom. The Kier molecular flexibility index (Phi) is 2.19. The van der Waals surface area contributed by atoms with Gasteiger partial charge in [-0.2, -0.15) is 5.10 Å². The molecule has 0 aliphatic carbocycles. The van der Waals surface area contributed by atoms with Crippen molar-refractivity contribution in [2.75, 3.05) is 5.73 Å². The number of nitrogen functional groups attached to an aromatic ring is 1. The van der Waals surface area contributed by atoms with Crippen LogP contribution in [-0.2, 0) is 0 Å². The maximum atomic E-state index is 5.60. The average molecular weight is 185 g/mol. The molecule has 2 aromatic rings. The number of hydrogen-bond acceptors (Lipinski definition) is 3. The molecular formula is C7H9ClN4. The molecule has 0 amide bonds. The number of halogens is 1. The van der Waals surface area contributed by atoms with Gasteiger partial charge >= 0.3 is 0 Å². The van der Waals surface area contributed by atoms with E-state index in [-0.39, 0.29) is 12.4 Å². The maximum Gasteiger partial charge on any atom is 0.178 e. The van der Waals surface area contributed by atoms with Gasteiger partial charge in [0.2, 0.25) is 0 Å². The fourth-order valence-electron chi connectivity index (χ4n) is 0.977. The average Bonchev–Trinajstić information content (AvgIpc) is 2.33. The SMILES string of the molecule is Cc1ccn2ncc(N)c2n1.Cl. The highest BCUT2D eigenvalue weighted by atomic mass is 35.5. The van der Waals surface area contributed by atoms with Gasteiger partial charge in [-0.05, 0) is 13.0 Å². The number of fused-ring (bicyclic) bond motifs is 1. The molecule has 0 saturated carbocycles. The van der Waals surface area contributed by atoms with Gasteiger partial charge in [0.05, 0.1) is 11.9 Å². The van der Waals surface area contributed by atoms with Gasteiger partial charge < -0.3 is 5.73 Å². The highest BCUT2D eigenvalue weighted by Crippen LogP contribution is 2.08. The van der Waals surface area contributed by atoms with Crippen molar-refractivity contribution < 1.29 is 0 Å². The summed E-state index contributed by atoms with van der Waals surface area (Å²) in [6.07, 6.45) is 3.44. The molecule has 12 heavy (non-hydrogen) atoms. The minimum atomic E-state index is 0. The van der Waals surface area contributed by atoms with Crippen LogP contribution in [0.25, 0.3) is 5.65 Å². The van der Waals surface area contributed by atoms with E-state index >= 15 is 0 Å². The number of nitrogens with two attached hydrogens (primary N) is 1. The fraction of sp³-hybridized carbons (Fsp3) is 0.143. The second-order valence-electron chi connectivity index (χ2n) is 2.44. The van der Waals surface area contributed by atoms with Crippen LogP contribution in [0.15, 0.2) is 18.5 Å². The zero-order valence-electron chi connectivity index (χ0n) is 6.56. The Bertz CT molecular complexity index is 395. The number of aromatic nitrogens is 3. The van der Waals surface area contributed by atoms with Gasteiger partial charge in [-0.1, -0.05) is 0 Å². The van der Waals surface area contributed by atoms with E-state index in [1.807, 2.05) is 19.2 Å². The summed E-state index contributed by atoms with van der Waals surface area (Å²) in [5.74, 6) is 0. The second kappa shape index (κ2) is 2.98. The molecule has 64 valence electrons. The zero-order chi connectivity index (χ0) is 7.84. The molecule has 2 N–H and O–H groups in total. The first-order chi connectivity index (χ1) is 5.27. The van der Waals surface area contributed by atoms with Crippen LogP contribution in [0.5, 0.6) is 0 Å². The standard InChI is InChI=1S/C7H8N4.ClH/c1-5-2-3-11-7(10-5)6(8)4-9-11;/h2-4H,8H2,1H3;1H. The first-order valence-electron chi connectivity index (χ1n) is 3.34. The molecule has 4 nitrogen and oxygen atoms in total. The molecule has 0 unspecified atom stereocenters. The molecule has 0 aliphatic rings. The van der Waals surface area contributed by atoms with Gasteiger partial charge in [0.25, 0.3) is 0 Å². The van der Waals surface area contributed by atoms with E-state index in [1.54, 1.807) is 10.7 Å². The summed E-state index contributed by atoms with van der Waals surface area (Å²) in [5.41, 5.74) is 7.89. The van der Waals surface area contributed by atoms with Crippen LogP contribution in [0.1, 0.15) is 5.69 Å². The molecule has 0 aromatic carbocycles. The van der Waals surface area contributed by atoms with E-state index in [1.165, 1.54) is 0 Å². The van der Waals surface area contributed by atoms with E-state index < -0.39 is 0 Å². The topological polar surface area (TPSA) is 56.2 Å². The Morgan fingerprint density at radius 3 is 3.00 bits per heavy atom. The van der Waals surface area contributed by atoms with Crippen LogP contribution in [0.2, 0.25) is 0 Å². The Morgan fingerprint density at radius 2 is 2.25 bits per heavy atom. The van der Waals surface area contributed by atoms with Gasteiger partial charge in [-0.25, -0.2) is 9.50 Å². The molecule has 0 atom stereocenters. The second-order valence-corrected chi connectivity index (χ2v) is 2.44. The van der Waals surface area contributed by atoms with Crippen molar-refractivity contribution in [2.24, 2.45) is 0 Å². The van der Waals surface area contributed by atoms with Crippen LogP contribution in [0.3, 0.4) is 0 Å². The molecular weight excluding hydrogens is 176 g/mol. The van der Waals surface area contributed by atoms with Crippen molar-refractivity contribution in [3.63, 3.8) is 0 Å². The van der Waals surface area contributed by atoms with Crippen LogP contribution in [0, 0.1) is 6.92 Å². The number of aryl methyl sites for hydroxylation is 1. The van der Waals surface area contributed by atoms with Gasteiger partial charge in [0, 0.05) is 11.9 Å². The lowest BCUT2D eigenvalue weighted by molar-refractivity contribution is 0.929. The maximum absolute atomic E-state index is 5.60. The summed E-state index contributed by atoms with van der Waals surface area (Å²) < 4.78 is 1.66. The van der Waals surface area contributed by atoms with Crippen molar-refractivity contribution in [2.45, 2.75) is 6.92 Å². The molecule has 0 aliphatic heterocycles. The normalized spacial score (nSPS) is 9.75. The zero-order valence-corrected chi connectivity index (χ0v) is 7.38. The Balaban J connectivity index is 0.000000720. The summed E-state index contributed by atoms with van der Waals surface area (Å²) in [6, 6.07) is 1.89. The summed E-state index contributed by atoms with van der Waals surface area (Å²) in [4.78, 5) is 4.21. The molecule has 2 rings (SSSR count). The third-order valence-corrected chi connectivity index (χ3v) is 1.54. The van der Waals surface area contributed by atoms with Crippen LogP contribution in [-0.4, -0.2) is 14.6 Å². The molecule has 2 heterocycles. The number of rotatable bonds is 0. The van der Waals surface area contributed by atoms with E-state index in [0.717, 1.165) is 11.3 Å². The summed E-state index contributed by atoms with van der Waals surface area (Å²) >= 11 is 0. The highest BCUT2D eigenvalue weighted by Gasteiger charge is 1.99. The van der Waals surface area contributed by atoms with Crippen molar-refractivity contribution in [3.8, 4) is 0 Å². The van der Waals surface area contributed by atoms with Gasteiger partial charge in [-0.15, -0.1) is 12.4 Å². The van der Waals surface area contributed by atoms with E-state index in [9.17, 15) is 0 Å². The lowest BCUT2D eigenvalue weighted by Gasteiger charge is -1.93. The first-order valence-corrected chi connectivity index (χ1v) is 3.34. The quantitative estimate of drug-likeness (QED) is 0.666. The summed E-state index contributed by atoms with van der Waals surface area (Å²) in [6.45, 7) is 1.92. The predicted octanol–water partition coefficient (Wildman–Crippen LogP) is 1.04. The summed E-state index contributed by atoms with van der Waals surface area (Å²) in [7, 11) is 0. The minimum absolute atomic E-state index is 0. The lowest BCUT2D eigenvalue weighted by atomic mass is 10.4. The van der Waals surface area contributed by atoms with Crippen molar-refractivity contribution in [3.05, 3.63) is 24.2 Å². The van der Waals surface area contributed by atoms with Crippen molar-refractivity contribution >= 4 is 23.7 Å². The van der Waals surface area contributed by atoms with E-state index in [4.69, 9.17) is 5.73 Å². The Labute approximate surface area is 75.8 Å². The number of anilines is 1. The summed E-state index contributed by atoms with van der Waals surface area (Å²) in [5, 5.41) is 3.99. The Hall–Kier alpha value is -1.29. The molecule has 0 fully saturated rings. The van der Waals surface area contributed by atoms with Gasteiger partial charge in [0.15, 0.2) is 5.65 Å². The third kappa shape index (κ3) is 1.21.